The largest absolute Gasteiger partial charge is 0.497 e. The molecule has 1 aliphatic carbocycles. The number of carbonyl (C=O) groups excluding carboxylic acids is 1. The summed E-state index contributed by atoms with van der Waals surface area (Å²) in [4.78, 5) is 22.6. The number of carbonyl (C=O) groups is 1. The van der Waals surface area contributed by atoms with Crippen molar-refractivity contribution in [3.05, 3.63) is 59.9 Å². The number of nitrogens with zero attached hydrogens (tertiary/aromatic N) is 2. The predicted octanol–water partition coefficient (Wildman–Crippen LogP) is 5.13. The van der Waals surface area contributed by atoms with Crippen LogP contribution in [-0.2, 0) is 5.54 Å². The lowest BCUT2D eigenvalue weighted by atomic mass is 9.85. The smallest absolute Gasteiger partial charge is 0.270 e. The lowest BCUT2D eigenvalue weighted by Crippen LogP contribution is -2.56. The van der Waals surface area contributed by atoms with Gasteiger partial charge >= 0.3 is 0 Å². The Morgan fingerprint density at radius 3 is 2.76 bits per heavy atom. The van der Waals surface area contributed by atoms with Crippen molar-refractivity contribution in [1.29, 1.82) is 0 Å². The van der Waals surface area contributed by atoms with Gasteiger partial charge in [0.1, 0.15) is 11.4 Å². The SMILES string of the molecule is CCN(C(=O)c1cc2ncccc2[nH]1)C1CCC[C@@](S)(NC(C)(C)c2ccc(OC)cc2)C1. The Bertz CT molecular complexity index is 1080. The van der Waals surface area contributed by atoms with E-state index >= 15 is 0 Å². The summed E-state index contributed by atoms with van der Waals surface area (Å²) in [7, 11) is 1.68. The maximum absolute atomic E-state index is 13.4. The number of amides is 1. The molecule has 6 nitrogen and oxygen atoms in total. The number of hydrogen-bond donors (Lipinski definition) is 3. The molecule has 0 saturated heterocycles. The molecule has 2 N–H and O–H groups in total. The number of nitrogens with one attached hydrogen (secondary N) is 2. The minimum absolute atomic E-state index is 0.0208. The number of H-pyrrole nitrogens is 1. The number of thiol groups is 1. The molecule has 176 valence electrons. The molecule has 1 saturated carbocycles. The Balaban J connectivity index is 1.51. The van der Waals surface area contributed by atoms with Crippen molar-refractivity contribution in [1.82, 2.24) is 20.2 Å². The number of pyridine rings is 1. The molecule has 1 aliphatic rings. The van der Waals surface area contributed by atoms with Gasteiger partial charge in [0.05, 0.1) is 23.0 Å². The molecule has 2 heterocycles. The van der Waals surface area contributed by atoms with Crippen LogP contribution in [0.3, 0.4) is 0 Å². The van der Waals surface area contributed by atoms with Gasteiger partial charge < -0.3 is 14.6 Å². The zero-order valence-corrected chi connectivity index (χ0v) is 20.8. The molecule has 3 aromatic rings. The molecule has 1 amide bonds. The van der Waals surface area contributed by atoms with Crippen molar-refractivity contribution in [2.75, 3.05) is 13.7 Å². The van der Waals surface area contributed by atoms with E-state index in [-0.39, 0.29) is 22.4 Å². The summed E-state index contributed by atoms with van der Waals surface area (Å²) in [6.45, 7) is 7.05. The van der Waals surface area contributed by atoms with E-state index < -0.39 is 0 Å². The summed E-state index contributed by atoms with van der Waals surface area (Å²) in [5.41, 5.74) is 3.18. The van der Waals surface area contributed by atoms with Gasteiger partial charge in [-0.05, 0) is 82.3 Å². The number of aromatic nitrogens is 2. The van der Waals surface area contributed by atoms with Gasteiger partial charge in [0.15, 0.2) is 0 Å². The molecular formula is C26H34N4O2S. The zero-order chi connectivity index (χ0) is 23.6. The van der Waals surface area contributed by atoms with E-state index in [0.29, 0.717) is 12.2 Å². The van der Waals surface area contributed by atoms with E-state index in [4.69, 9.17) is 17.4 Å². The topological polar surface area (TPSA) is 70.2 Å². The molecule has 0 spiro atoms. The molecule has 33 heavy (non-hydrogen) atoms. The Morgan fingerprint density at radius 2 is 2.09 bits per heavy atom. The summed E-state index contributed by atoms with van der Waals surface area (Å²) in [6, 6.07) is 13.9. The second-order valence-corrected chi connectivity index (χ2v) is 10.3. The number of hydrogen-bond acceptors (Lipinski definition) is 5. The lowest BCUT2D eigenvalue weighted by molar-refractivity contribution is 0.0599. The summed E-state index contributed by atoms with van der Waals surface area (Å²) in [5, 5.41) is 3.80. The van der Waals surface area contributed by atoms with Crippen LogP contribution in [0.4, 0.5) is 0 Å². The summed E-state index contributed by atoms with van der Waals surface area (Å²) >= 11 is 5.13. The number of fused-ring (bicyclic) bond motifs is 1. The molecule has 1 fully saturated rings. The van der Waals surface area contributed by atoms with Crippen molar-refractivity contribution >= 4 is 29.6 Å². The number of ether oxygens (including phenoxy) is 1. The van der Waals surface area contributed by atoms with E-state index in [2.05, 4.69) is 41.3 Å². The van der Waals surface area contributed by atoms with Gasteiger partial charge in [0.25, 0.3) is 5.91 Å². The van der Waals surface area contributed by atoms with E-state index in [1.807, 2.05) is 42.2 Å². The lowest BCUT2D eigenvalue weighted by Gasteiger charge is -2.46. The van der Waals surface area contributed by atoms with Crippen molar-refractivity contribution in [2.45, 2.75) is 62.9 Å². The first-order valence-corrected chi connectivity index (χ1v) is 12.1. The molecule has 1 aromatic carbocycles. The van der Waals surface area contributed by atoms with Crippen LogP contribution in [0.2, 0.25) is 0 Å². The van der Waals surface area contributed by atoms with Gasteiger partial charge in [-0.15, -0.1) is 0 Å². The first kappa shape index (κ1) is 23.6. The highest BCUT2D eigenvalue weighted by Crippen LogP contribution is 2.38. The summed E-state index contributed by atoms with van der Waals surface area (Å²) in [5.74, 6) is 0.865. The average Bonchev–Trinajstić information content (AvgIpc) is 3.23. The fraction of sp³-hybridized carbons (Fsp3) is 0.462. The molecular weight excluding hydrogens is 432 g/mol. The van der Waals surface area contributed by atoms with Gasteiger partial charge in [-0.1, -0.05) is 12.1 Å². The fourth-order valence-corrected chi connectivity index (χ4v) is 5.71. The average molecular weight is 467 g/mol. The zero-order valence-electron chi connectivity index (χ0n) is 19.9. The minimum atomic E-state index is -0.373. The normalized spacial score (nSPS) is 21.2. The maximum Gasteiger partial charge on any atom is 0.270 e. The van der Waals surface area contributed by atoms with Gasteiger partial charge in [0, 0.05) is 24.3 Å². The number of aromatic amines is 1. The van der Waals surface area contributed by atoms with E-state index in [9.17, 15) is 4.79 Å². The molecule has 1 unspecified atom stereocenters. The van der Waals surface area contributed by atoms with Crippen molar-refractivity contribution in [3.8, 4) is 5.75 Å². The van der Waals surface area contributed by atoms with E-state index in [0.717, 1.165) is 42.5 Å². The second kappa shape index (κ2) is 9.39. The highest BCUT2D eigenvalue weighted by atomic mass is 32.1. The first-order chi connectivity index (χ1) is 15.7. The third-order valence-corrected chi connectivity index (χ3v) is 7.24. The molecule has 7 heteroatoms. The Labute approximate surface area is 201 Å². The van der Waals surface area contributed by atoms with Crippen LogP contribution in [-0.4, -0.2) is 45.3 Å². The Hall–Kier alpha value is -2.51. The monoisotopic (exact) mass is 466 g/mol. The number of methoxy groups -OCH3 is 1. The molecule has 0 bridgehead atoms. The second-order valence-electron chi connectivity index (χ2n) is 9.47. The quantitative estimate of drug-likeness (QED) is 0.334. The molecule has 0 aliphatic heterocycles. The van der Waals surface area contributed by atoms with Gasteiger partial charge in [-0.2, -0.15) is 12.6 Å². The van der Waals surface area contributed by atoms with Gasteiger partial charge in [0.2, 0.25) is 0 Å². The number of benzene rings is 1. The van der Waals surface area contributed by atoms with E-state index in [1.54, 1.807) is 13.3 Å². The summed E-state index contributed by atoms with van der Waals surface area (Å²) < 4.78 is 5.30. The highest BCUT2D eigenvalue weighted by molar-refractivity contribution is 7.81. The molecule has 2 aromatic heterocycles. The number of rotatable bonds is 7. The third kappa shape index (κ3) is 5.04. The van der Waals surface area contributed by atoms with Crippen LogP contribution in [0.15, 0.2) is 48.7 Å². The first-order valence-electron chi connectivity index (χ1n) is 11.7. The highest BCUT2D eigenvalue weighted by Gasteiger charge is 2.40. The Morgan fingerprint density at radius 1 is 1.33 bits per heavy atom. The fourth-order valence-electron chi connectivity index (χ4n) is 5.06. The molecule has 2 atom stereocenters. The third-order valence-electron chi connectivity index (χ3n) is 6.72. The minimum Gasteiger partial charge on any atom is -0.497 e. The van der Waals surface area contributed by atoms with Crippen LogP contribution in [0.5, 0.6) is 5.75 Å². The van der Waals surface area contributed by atoms with Gasteiger partial charge in [-0.25, -0.2) is 0 Å². The molecule has 4 rings (SSSR count). The van der Waals surface area contributed by atoms with Crippen LogP contribution in [0, 0.1) is 0 Å². The van der Waals surface area contributed by atoms with Crippen LogP contribution in [0.1, 0.15) is 62.5 Å². The molecule has 0 radical (unpaired) electrons. The standard InChI is InChI=1S/C26H34N4O2S/c1-5-30(24(31)23-16-22-21(28-23)9-7-15-27-22)19-8-6-14-26(33,17-19)29-25(2,3)18-10-12-20(32-4)13-11-18/h7,9-13,15-16,19,28-29,33H,5-6,8,14,17H2,1-4H3/t19?,26-/m0/s1. The predicted molar refractivity (Wildman–Crippen MR) is 136 cm³/mol. The van der Waals surface area contributed by atoms with Crippen molar-refractivity contribution < 1.29 is 9.53 Å². The Kier molecular flexibility index (Phi) is 6.73. The van der Waals surface area contributed by atoms with E-state index in [1.165, 1.54) is 5.56 Å². The van der Waals surface area contributed by atoms with Crippen molar-refractivity contribution in [3.63, 3.8) is 0 Å². The summed E-state index contributed by atoms with van der Waals surface area (Å²) in [6.07, 6.45) is 5.47. The van der Waals surface area contributed by atoms with Gasteiger partial charge in [-0.3, -0.25) is 15.1 Å². The maximum atomic E-state index is 13.4. The van der Waals surface area contributed by atoms with Crippen LogP contribution < -0.4 is 10.1 Å². The van der Waals surface area contributed by atoms with Crippen LogP contribution in [0.25, 0.3) is 11.0 Å². The van der Waals surface area contributed by atoms with Crippen LogP contribution >= 0.6 is 12.6 Å². The van der Waals surface area contributed by atoms with Crippen molar-refractivity contribution in [2.24, 2.45) is 0 Å².